The van der Waals surface area contributed by atoms with Crippen LogP contribution in [0.15, 0.2) is 22.7 Å². The van der Waals surface area contributed by atoms with Gasteiger partial charge < -0.3 is 14.8 Å². The predicted molar refractivity (Wildman–Crippen MR) is 71.6 cm³/mol. The van der Waals surface area contributed by atoms with E-state index < -0.39 is 0 Å². The monoisotopic (exact) mass is 268 g/mol. The Balaban J connectivity index is 1.94. The smallest absolute Gasteiger partial charge is 0.223 e. The lowest BCUT2D eigenvalue weighted by Crippen LogP contribution is -2.06. The average molecular weight is 268 g/mol. The van der Waals surface area contributed by atoms with Gasteiger partial charge in [-0.1, -0.05) is 5.16 Å². The summed E-state index contributed by atoms with van der Waals surface area (Å²) in [6.07, 6.45) is 0.587. The molecule has 0 radical (unpaired) electrons. The van der Waals surface area contributed by atoms with Crippen LogP contribution in [-0.4, -0.2) is 19.7 Å². The van der Waals surface area contributed by atoms with Crippen molar-refractivity contribution < 1.29 is 4.52 Å². The Morgan fingerprint density at radius 3 is 2.95 bits per heavy atom. The summed E-state index contributed by atoms with van der Waals surface area (Å²) in [5.41, 5.74) is 8.10. The normalized spacial score (nSPS) is 10.8. The number of benzene rings is 1. The fourth-order valence-corrected chi connectivity index (χ4v) is 2.10. The molecule has 0 saturated carbocycles. The van der Waals surface area contributed by atoms with Crippen molar-refractivity contribution in [3.8, 4) is 6.07 Å². The van der Waals surface area contributed by atoms with Crippen molar-refractivity contribution in [1.29, 1.82) is 5.26 Å². The first-order valence-corrected chi connectivity index (χ1v) is 6.12. The van der Waals surface area contributed by atoms with Crippen LogP contribution in [0, 0.1) is 18.3 Å². The molecule has 0 fully saturated rings. The lowest BCUT2D eigenvalue weighted by molar-refractivity contribution is 0.386. The fourth-order valence-electron chi connectivity index (χ4n) is 2.10. The summed E-state index contributed by atoms with van der Waals surface area (Å²) in [5, 5.41) is 12.8. The van der Waals surface area contributed by atoms with Crippen LogP contribution in [0.4, 0.5) is 5.95 Å². The summed E-state index contributed by atoms with van der Waals surface area (Å²) < 4.78 is 6.78. The molecule has 3 rings (SSSR count). The summed E-state index contributed by atoms with van der Waals surface area (Å²) in [5.74, 6) is 1.57. The van der Waals surface area contributed by atoms with Gasteiger partial charge in [0.05, 0.1) is 22.7 Å². The van der Waals surface area contributed by atoms with Crippen molar-refractivity contribution in [1.82, 2.24) is 19.7 Å². The molecule has 7 heteroatoms. The van der Waals surface area contributed by atoms with Gasteiger partial charge in [0, 0.05) is 19.9 Å². The van der Waals surface area contributed by atoms with Crippen molar-refractivity contribution in [3.63, 3.8) is 0 Å². The van der Waals surface area contributed by atoms with Crippen molar-refractivity contribution in [2.75, 3.05) is 5.73 Å². The molecule has 20 heavy (non-hydrogen) atoms. The molecule has 0 atom stereocenters. The Kier molecular flexibility index (Phi) is 2.84. The zero-order valence-electron chi connectivity index (χ0n) is 10.9. The van der Waals surface area contributed by atoms with Gasteiger partial charge in [0.1, 0.15) is 0 Å². The molecule has 7 nitrogen and oxygen atoms in total. The first-order chi connectivity index (χ1) is 9.67. The lowest BCUT2D eigenvalue weighted by Gasteiger charge is -2.04. The van der Waals surface area contributed by atoms with Gasteiger partial charge >= 0.3 is 0 Å². The number of anilines is 1. The van der Waals surface area contributed by atoms with Crippen molar-refractivity contribution in [2.24, 2.45) is 0 Å². The molecule has 3 aromatic rings. The highest BCUT2D eigenvalue weighted by atomic mass is 16.5. The van der Waals surface area contributed by atoms with E-state index in [0.29, 0.717) is 36.2 Å². The minimum absolute atomic E-state index is 0.412. The average Bonchev–Trinajstić information content (AvgIpc) is 2.98. The number of nitrogens with zero attached hydrogens (tertiary/aromatic N) is 5. The van der Waals surface area contributed by atoms with Crippen LogP contribution < -0.4 is 5.73 Å². The van der Waals surface area contributed by atoms with E-state index in [-0.39, 0.29) is 0 Å². The van der Waals surface area contributed by atoms with Gasteiger partial charge in [-0.2, -0.15) is 10.2 Å². The molecular formula is C13H12N6O. The molecule has 2 heterocycles. The maximum Gasteiger partial charge on any atom is 0.223 e. The van der Waals surface area contributed by atoms with Crippen LogP contribution in [0.3, 0.4) is 0 Å². The minimum Gasteiger partial charge on any atom is -0.369 e. The Morgan fingerprint density at radius 1 is 1.40 bits per heavy atom. The molecule has 100 valence electrons. The fraction of sp³-hybridized carbons (Fsp3) is 0.231. The number of aromatic nitrogens is 4. The van der Waals surface area contributed by atoms with Gasteiger partial charge in [-0.3, -0.25) is 0 Å². The number of nitrogens with two attached hydrogens (primary N) is 1. The maximum absolute atomic E-state index is 8.96. The van der Waals surface area contributed by atoms with Gasteiger partial charge in [0.25, 0.3) is 0 Å². The second-order valence-electron chi connectivity index (χ2n) is 4.42. The Morgan fingerprint density at radius 2 is 2.25 bits per heavy atom. The van der Waals surface area contributed by atoms with E-state index in [2.05, 4.69) is 21.2 Å². The van der Waals surface area contributed by atoms with E-state index in [1.807, 2.05) is 4.57 Å². The Bertz CT molecular complexity index is 810. The van der Waals surface area contributed by atoms with Gasteiger partial charge in [0.2, 0.25) is 11.8 Å². The summed E-state index contributed by atoms with van der Waals surface area (Å²) in [7, 11) is 0. The SMILES string of the molecule is Cc1nc(CCn2c(N)nc3ccc(C#N)cc32)no1. The number of imidazole rings is 1. The molecule has 1 aromatic carbocycles. The molecule has 0 aliphatic heterocycles. The number of rotatable bonds is 3. The molecule has 2 aromatic heterocycles. The van der Waals surface area contributed by atoms with Crippen LogP contribution in [-0.2, 0) is 13.0 Å². The van der Waals surface area contributed by atoms with Crippen molar-refractivity contribution in [3.05, 3.63) is 35.5 Å². The highest BCUT2D eigenvalue weighted by Crippen LogP contribution is 2.19. The molecule has 0 spiro atoms. The van der Waals surface area contributed by atoms with Crippen LogP contribution in [0.25, 0.3) is 11.0 Å². The third-order valence-corrected chi connectivity index (χ3v) is 3.04. The lowest BCUT2D eigenvalue weighted by atomic mass is 10.2. The first kappa shape index (κ1) is 12.2. The second-order valence-corrected chi connectivity index (χ2v) is 4.42. The van der Waals surface area contributed by atoms with Crippen LogP contribution in [0.2, 0.25) is 0 Å². The summed E-state index contributed by atoms with van der Waals surface area (Å²) >= 11 is 0. The summed E-state index contributed by atoms with van der Waals surface area (Å²) in [6, 6.07) is 7.40. The third kappa shape index (κ3) is 2.07. The summed E-state index contributed by atoms with van der Waals surface area (Å²) in [6.45, 7) is 2.33. The van der Waals surface area contributed by atoms with E-state index in [9.17, 15) is 0 Å². The third-order valence-electron chi connectivity index (χ3n) is 3.04. The zero-order valence-corrected chi connectivity index (χ0v) is 10.9. The van der Waals surface area contributed by atoms with Crippen LogP contribution in [0.5, 0.6) is 0 Å². The number of nitrogen functional groups attached to an aromatic ring is 1. The predicted octanol–water partition coefficient (Wildman–Crippen LogP) is 1.42. The molecule has 0 unspecified atom stereocenters. The number of aryl methyl sites for hydroxylation is 3. The van der Waals surface area contributed by atoms with E-state index in [1.165, 1.54) is 0 Å². The van der Waals surface area contributed by atoms with Gasteiger partial charge in [-0.25, -0.2) is 4.98 Å². The van der Waals surface area contributed by atoms with E-state index in [4.69, 9.17) is 15.5 Å². The van der Waals surface area contributed by atoms with Crippen molar-refractivity contribution >= 4 is 17.0 Å². The zero-order chi connectivity index (χ0) is 14.1. The molecule has 2 N–H and O–H groups in total. The molecule has 0 saturated heterocycles. The van der Waals surface area contributed by atoms with E-state index in [1.54, 1.807) is 25.1 Å². The standard InChI is InChI=1S/C13H12N6O/c1-8-16-12(18-20-8)4-5-19-11-6-9(7-14)2-3-10(11)17-13(19)15/h2-3,6H,4-5H2,1H3,(H2,15,17). The van der Waals surface area contributed by atoms with Gasteiger partial charge in [-0.15, -0.1) is 0 Å². The Hall–Kier alpha value is -2.88. The number of hydrogen-bond donors (Lipinski definition) is 1. The second kappa shape index (κ2) is 4.66. The molecule has 0 aliphatic rings. The first-order valence-electron chi connectivity index (χ1n) is 6.12. The van der Waals surface area contributed by atoms with Crippen LogP contribution in [0.1, 0.15) is 17.3 Å². The highest BCUT2D eigenvalue weighted by molar-refractivity contribution is 5.79. The largest absolute Gasteiger partial charge is 0.369 e. The van der Waals surface area contributed by atoms with E-state index in [0.717, 1.165) is 11.0 Å². The number of fused-ring (bicyclic) bond motifs is 1. The molecule has 0 amide bonds. The van der Waals surface area contributed by atoms with Crippen molar-refractivity contribution in [2.45, 2.75) is 19.9 Å². The van der Waals surface area contributed by atoms with Crippen LogP contribution >= 0.6 is 0 Å². The maximum atomic E-state index is 8.96. The topological polar surface area (TPSA) is 107 Å². The summed E-state index contributed by atoms with van der Waals surface area (Å²) in [4.78, 5) is 8.42. The quantitative estimate of drug-likeness (QED) is 0.769. The Labute approximate surface area is 114 Å². The minimum atomic E-state index is 0.412. The molecular weight excluding hydrogens is 256 g/mol. The number of hydrogen-bond acceptors (Lipinski definition) is 6. The van der Waals surface area contributed by atoms with Gasteiger partial charge in [0.15, 0.2) is 5.82 Å². The highest BCUT2D eigenvalue weighted by Gasteiger charge is 2.10. The number of nitriles is 1. The molecule has 0 aliphatic carbocycles. The van der Waals surface area contributed by atoms with E-state index >= 15 is 0 Å². The van der Waals surface area contributed by atoms with Gasteiger partial charge in [-0.05, 0) is 18.2 Å². The molecule has 0 bridgehead atoms.